The number of hydrogen-bond acceptors (Lipinski definition) is 2. The summed E-state index contributed by atoms with van der Waals surface area (Å²) in [6.45, 7) is 7.13. The molecule has 1 aromatic carbocycles. The van der Waals surface area contributed by atoms with E-state index in [1.54, 1.807) is 0 Å². The van der Waals surface area contributed by atoms with Crippen LogP contribution in [-0.4, -0.2) is 11.0 Å². The molecule has 1 aromatic heterocycles. The monoisotopic (exact) mass is 282 g/mol. The van der Waals surface area contributed by atoms with Gasteiger partial charge < -0.3 is 5.32 Å². The van der Waals surface area contributed by atoms with Crippen molar-refractivity contribution >= 4 is 16.5 Å². The summed E-state index contributed by atoms with van der Waals surface area (Å²) >= 11 is 0. The van der Waals surface area contributed by atoms with Gasteiger partial charge in [0.15, 0.2) is 0 Å². The number of hydrogen-bond donors (Lipinski definition) is 1. The van der Waals surface area contributed by atoms with E-state index >= 15 is 0 Å². The van der Waals surface area contributed by atoms with Crippen molar-refractivity contribution in [2.45, 2.75) is 52.5 Å². The molecule has 0 amide bonds. The van der Waals surface area contributed by atoms with Gasteiger partial charge in [-0.1, -0.05) is 45.7 Å². The van der Waals surface area contributed by atoms with E-state index in [1.165, 1.54) is 42.1 Å². The van der Waals surface area contributed by atoms with E-state index < -0.39 is 0 Å². The summed E-state index contributed by atoms with van der Waals surface area (Å²) in [5.74, 6) is 0.734. The molecule has 2 unspecified atom stereocenters. The predicted molar refractivity (Wildman–Crippen MR) is 90.6 cm³/mol. The zero-order chi connectivity index (χ0) is 14.9. The summed E-state index contributed by atoms with van der Waals surface area (Å²) in [4.78, 5) is 4.29. The van der Waals surface area contributed by atoms with Gasteiger partial charge in [-0.15, -0.1) is 0 Å². The van der Waals surface area contributed by atoms with E-state index in [-0.39, 0.29) is 0 Å². The average Bonchev–Trinajstić information content (AvgIpc) is 2.47. The molecule has 2 atom stereocenters. The fourth-order valence-corrected chi connectivity index (χ4v) is 3.78. The van der Waals surface area contributed by atoms with Gasteiger partial charge in [0.2, 0.25) is 0 Å². The molecule has 2 heteroatoms. The number of aromatic nitrogens is 1. The number of nitrogens with one attached hydrogen (secondary N) is 1. The van der Waals surface area contributed by atoms with Gasteiger partial charge >= 0.3 is 0 Å². The van der Waals surface area contributed by atoms with Crippen LogP contribution in [0.2, 0.25) is 0 Å². The maximum atomic E-state index is 4.29. The molecular formula is C19H26N2. The third kappa shape index (κ3) is 3.04. The van der Waals surface area contributed by atoms with E-state index in [4.69, 9.17) is 0 Å². The van der Waals surface area contributed by atoms with Crippen molar-refractivity contribution in [3.63, 3.8) is 0 Å². The maximum Gasteiger partial charge on any atom is 0.0437 e. The third-order valence-corrected chi connectivity index (χ3v) is 4.90. The lowest BCUT2D eigenvalue weighted by molar-refractivity contribution is 0.163. The first kappa shape index (κ1) is 14.4. The fraction of sp³-hybridized carbons (Fsp3) is 0.526. The number of rotatable bonds is 2. The van der Waals surface area contributed by atoms with Gasteiger partial charge in [-0.3, -0.25) is 4.98 Å². The van der Waals surface area contributed by atoms with Gasteiger partial charge in [0, 0.05) is 29.5 Å². The summed E-state index contributed by atoms with van der Waals surface area (Å²) in [5.41, 5.74) is 1.60. The Balaban J connectivity index is 1.90. The summed E-state index contributed by atoms with van der Waals surface area (Å²) < 4.78 is 0. The van der Waals surface area contributed by atoms with Gasteiger partial charge in [0.1, 0.15) is 0 Å². The smallest absolute Gasteiger partial charge is 0.0437 e. The minimum absolute atomic E-state index is 0.362. The van der Waals surface area contributed by atoms with Gasteiger partial charge in [-0.25, -0.2) is 0 Å². The van der Waals surface area contributed by atoms with E-state index in [9.17, 15) is 0 Å². The van der Waals surface area contributed by atoms with Crippen LogP contribution < -0.4 is 5.32 Å². The van der Waals surface area contributed by atoms with Gasteiger partial charge in [-0.2, -0.15) is 0 Å². The first-order chi connectivity index (χ1) is 10.1. The zero-order valence-corrected chi connectivity index (χ0v) is 13.4. The minimum Gasteiger partial charge on any atom is -0.381 e. The Hall–Kier alpha value is -1.57. The molecule has 1 aliphatic rings. The largest absolute Gasteiger partial charge is 0.381 e. The van der Waals surface area contributed by atoms with Crippen LogP contribution in [0.3, 0.4) is 0 Å². The Morgan fingerprint density at radius 2 is 1.90 bits per heavy atom. The van der Waals surface area contributed by atoms with Crippen LogP contribution in [-0.2, 0) is 0 Å². The molecule has 0 bridgehead atoms. The Bertz CT molecular complexity index is 607. The van der Waals surface area contributed by atoms with Crippen LogP contribution in [0.4, 0.5) is 5.69 Å². The molecule has 1 fully saturated rings. The Kier molecular flexibility index (Phi) is 3.88. The number of pyridine rings is 1. The minimum atomic E-state index is 0.362. The lowest BCUT2D eigenvalue weighted by Gasteiger charge is -2.41. The zero-order valence-electron chi connectivity index (χ0n) is 13.4. The van der Waals surface area contributed by atoms with Crippen molar-refractivity contribution in [1.82, 2.24) is 4.98 Å². The second-order valence-electron chi connectivity index (χ2n) is 7.41. The maximum absolute atomic E-state index is 4.29. The van der Waals surface area contributed by atoms with Gasteiger partial charge in [-0.05, 0) is 41.7 Å². The molecule has 2 aromatic rings. The average molecular weight is 282 g/mol. The highest BCUT2D eigenvalue weighted by atomic mass is 14.9. The fourth-order valence-electron chi connectivity index (χ4n) is 3.78. The van der Waals surface area contributed by atoms with Crippen LogP contribution in [0.15, 0.2) is 36.7 Å². The van der Waals surface area contributed by atoms with Crippen molar-refractivity contribution in [2.75, 3.05) is 5.32 Å². The highest BCUT2D eigenvalue weighted by molar-refractivity contribution is 5.93. The van der Waals surface area contributed by atoms with Crippen LogP contribution in [0.5, 0.6) is 0 Å². The normalized spacial score (nSPS) is 23.2. The highest BCUT2D eigenvalue weighted by Gasteiger charge is 2.34. The predicted octanol–water partition coefficient (Wildman–Crippen LogP) is 5.25. The lowest BCUT2D eigenvalue weighted by Crippen LogP contribution is -2.39. The molecule has 1 N–H and O–H groups in total. The molecule has 0 saturated heterocycles. The van der Waals surface area contributed by atoms with Crippen LogP contribution in [0, 0.1) is 11.3 Å². The molecule has 3 rings (SSSR count). The summed E-state index contributed by atoms with van der Waals surface area (Å²) in [6, 6.07) is 9.15. The second-order valence-corrected chi connectivity index (χ2v) is 7.41. The quantitative estimate of drug-likeness (QED) is 0.813. The van der Waals surface area contributed by atoms with E-state index in [1.807, 2.05) is 12.4 Å². The van der Waals surface area contributed by atoms with Crippen LogP contribution >= 0.6 is 0 Å². The molecule has 21 heavy (non-hydrogen) atoms. The second kappa shape index (κ2) is 5.67. The van der Waals surface area contributed by atoms with E-state index in [0.717, 1.165) is 5.92 Å². The number of benzene rings is 1. The molecule has 0 spiro atoms. The first-order valence-electron chi connectivity index (χ1n) is 8.15. The Labute approximate surface area is 128 Å². The third-order valence-electron chi connectivity index (χ3n) is 4.90. The Morgan fingerprint density at radius 1 is 1.10 bits per heavy atom. The van der Waals surface area contributed by atoms with Crippen molar-refractivity contribution in [3.05, 3.63) is 36.7 Å². The summed E-state index contributed by atoms with van der Waals surface area (Å²) in [7, 11) is 0. The Morgan fingerprint density at radius 3 is 2.71 bits per heavy atom. The van der Waals surface area contributed by atoms with Crippen molar-refractivity contribution < 1.29 is 0 Å². The molecule has 0 aliphatic heterocycles. The standard InChI is InChI=1S/C19H26N2/c1-19(2,3)16-8-4-5-9-18(16)21-17-10-6-7-14-11-12-20-13-15(14)17/h6-7,10-13,16,18,21H,4-5,8-9H2,1-3H3. The molecule has 1 aliphatic carbocycles. The van der Waals surface area contributed by atoms with E-state index in [2.05, 4.69) is 55.3 Å². The van der Waals surface area contributed by atoms with Crippen molar-refractivity contribution in [1.29, 1.82) is 0 Å². The van der Waals surface area contributed by atoms with Gasteiger partial charge in [0.05, 0.1) is 0 Å². The van der Waals surface area contributed by atoms with Gasteiger partial charge in [0.25, 0.3) is 0 Å². The lowest BCUT2D eigenvalue weighted by atomic mass is 9.69. The first-order valence-corrected chi connectivity index (χ1v) is 8.15. The molecule has 1 saturated carbocycles. The van der Waals surface area contributed by atoms with Crippen molar-refractivity contribution in [3.8, 4) is 0 Å². The van der Waals surface area contributed by atoms with Crippen LogP contribution in [0.1, 0.15) is 46.5 Å². The number of anilines is 1. The number of fused-ring (bicyclic) bond motifs is 1. The molecule has 0 radical (unpaired) electrons. The van der Waals surface area contributed by atoms with E-state index in [0.29, 0.717) is 11.5 Å². The molecule has 1 heterocycles. The molecule has 2 nitrogen and oxygen atoms in total. The topological polar surface area (TPSA) is 24.9 Å². The molecule has 112 valence electrons. The van der Waals surface area contributed by atoms with Crippen LogP contribution in [0.25, 0.3) is 10.8 Å². The van der Waals surface area contributed by atoms with Crippen molar-refractivity contribution in [2.24, 2.45) is 11.3 Å². The SMILES string of the molecule is CC(C)(C)C1CCCCC1Nc1cccc2ccncc12. The summed E-state index contributed by atoms with van der Waals surface area (Å²) in [5, 5.41) is 6.34. The number of nitrogens with zero attached hydrogens (tertiary/aromatic N) is 1. The summed E-state index contributed by atoms with van der Waals surface area (Å²) in [6.07, 6.45) is 9.17. The highest BCUT2D eigenvalue weighted by Crippen LogP contribution is 2.39. The molecular weight excluding hydrogens is 256 g/mol.